The quantitative estimate of drug-likeness (QED) is 0.659. The lowest BCUT2D eigenvalue weighted by atomic mass is 10.1. The van der Waals surface area contributed by atoms with E-state index in [9.17, 15) is 0 Å². The van der Waals surface area contributed by atoms with Gasteiger partial charge in [-0.3, -0.25) is 9.89 Å². The van der Waals surface area contributed by atoms with Gasteiger partial charge in [0.2, 0.25) is 0 Å². The van der Waals surface area contributed by atoms with Gasteiger partial charge in [0.05, 0.1) is 12.9 Å². The van der Waals surface area contributed by atoms with E-state index in [0.29, 0.717) is 6.04 Å². The van der Waals surface area contributed by atoms with Gasteiger partial charge in [-0.15, -0.1) is 0 Å². The first-order chi connectivity index (χ1) is 11.4. The normalized spacial score (nSPS) is 23.4. The second-order valence-electron chi connectivity index (χ2n) is 6.52. The molecule has 1 atom stereocenters. The monoisotopic (exact) mass is 318 g/mol. The van der Waals surface area contributed by atoms with Crippen LogP contribution in [0.15, 0.2) is 23.7 Å². The summed E-state index contributed by atoms with van der Waals surface area (Å²) in [6.07, 6.45) is 11.1. The molecule has 2 fully saturated rings. The molecule has 0 radical (unpaired) electrons. The number of rotatable bonds is 5. The van der Waals surface area contributed by atoms with Crippen LogP contribution in [0, 0.1) is 0 Å². The van der Waals surface area contributed by atoms with Gasteiger partial charge in [-0.05, 0) is 39.3 Å². The molecule has 128 valence electrons. The Morgan fingerprint density at radius 3 is 2.87 bits per heavy atom. The predicted octanol–water partition coefficient (Wildman–Crippen LogP) is 1.41. The van der Waals surface area contributed by atoms with E-state index in [-0.39, 0.29) is 0 Å². The van der Waals surface area contributed by atoms with Crippen LogP contribution >= 0.6 is 0 Å². The van der Waals surface area contributed by atoms with E-state index in [1.165, 1.54) is 38.8 Å². The van der Waals surface area contributed by atoms with E-state index in [1.807, 2.05) is 18.7 Å². The van der Waals surface area contributed by atoms with Gasteiger partial charge in [-0.2, -0.15) is 0 Å². The van der Waals surface area contributed by atoms with Crippen molar-refractivity contribution in [2.24, 2.45) is 4.99 Å². The summed E-state index contributed by atoms with van der Waals surface area (Å²) >= 11 is 0. The van der Waals surface area contributed by atoms with Crippen LogP contribution in [0.1, 0.15) is 32.6 Å². The van der Waals surface area contributed by atoms with Crippen molar-refractivity contribution in [2.75, 3.05) is 39.3 Å². The highest BCUT2D eigenvalue weighted by Crippen LogP contribution is 2.20. The van der Waals surface area contributed by atoms with Crippen molar-refractivity contribution in [3.63, 3.8) is 0 Å². The summed E-state index contributed by atoms with van der Waals surface area (Å²) in [7, 11) is 0. The Labute approximate surface area is 139 Å². The SMILES string of the molecule is CCNC(=NCCn1ccnc1)N1CCC(N2CCCCC2)C1. The van der Waals surface area contributed by atoms with E-state index in [1.54, 1.807) is 0 Å². The van der Waals surface area contributed by atoms with Gasteiger partial charge in [0.1, 0.15) is 0 Å². The second-order valence-corrected chi connectivity index (χ2v) is 6.52. The average Bonchev–Trinajstić information content (AvgIpc) is 3.27. The van der Waals surface area contributed by atoms with Crippen LogP contribution in [-0.2, 0) is 6.54 Å². The molecule has 0 saturated carbocycles. The van der Waals surface area contributed by atoms with Gasteiger partial charge in [0.15, 0.2) is 5.96 Å². The highest BCUT2D eigenvalue weighted by molar-refractivity contribution is 5.80. The Morgan fingerprint density at radius 1 is 1.26 bits per heavy atom. The number of nitrogens with zero attached hydrogens (tertiary/aromatic N) is 5. The molecule has 0 aliphatic carbocycles. The number of piperidine rings is 1. The lowest BCUT2D eigenvalue weighted by Crippen LogP contribution is -2.44. The van der Waals surface area contributed by atoms with Gasteiger partial charge >= 0.3 is 0 Å². The molecule has 3 heterocycles. The van der Waals surface area contributed by atoms with Crippen LogP contribution in [0.3, 0.4) is 0 Å². The molecule has 23 heavy (non-hydrogen) atoms. The summed E-state index contributed by atoms with van der Waals surface area (Å²) in [4.78, 5) is 14.0. The molecule has 1 N–H and O–H groups in total. The molecule has 6 heteroatoms. The number of hydrogen-bond acceptors (Lipinski definition) is 3. The van der Waals surface area contributed by atoms with Gasteiger partial charge < -0.3 is 14.8 Å². The molecule has 3 rings (SSSR count). The molecule has 2 saturated heterocycles. The minimum absolute atomic E-state index is 0.716. The van der Waals surface area contributed by atoms with Crippen molar-refractivity contribution in [3.8, 4) is 0 Å². The maximum absolute atomic E-state index is 4.81. The second kappa shape index (κ2) is 8.34. The Balaban J connectivity index is 1.53. The lowest BCUT2D eigenvalue weighted by molar-refractivity contribution is 0.168. The van der Waals surface area contributed by atoms with Gasteiger partial charge in [-0.25, -0.2) is 4.98 Å². The fraction of sp³-hybridized carbons (Fsp3) is 0.765. The highest BCUT2D eigenvalue weighted by Gasteiger charge is 2.29. The van der Waals surface area contributed by atoms with E-state index in [0.717, 1.165) is 38.7 Å². The zero-order valence-electron chi connectivity index (χ0n) is 14.3. The summed E-state index contributed by atoms with van der Waals surface area (Å²) in [6, 6.07) is 0.716. The molecular weight excluding hydrogens is 288 g/mol. The van der Waals surface area contributed by atoms with Crippen LogP contribution in [0.5, 0.6) is 0 Å². The molecule has 0 bridgehead atoms. The first-order valence-electron chi connectivity index (χ1n) is 9.10. The number of hydrogen-bond donors (Lipinski definition) is 1. The number of likely N-dealkylation sites (tertiary alicyclic amines) is 2. The highest BCUT2D eigenvalue weighted by atomic mass is 15.3. The zero-order chi connectivity index (χ0) is 15.9. The van der Waals surface area contributed by atoms with Crippen molar-refractivity contribution in [3.05, 3.63) is 18.7 Å². The summed E-state index contributed by atoms with van der Waals surface area (Å²) in [5.74, 6) is 1.08. The number of aliphatic imine (C=N–C) groups is 1. The lowest BCUT2D eigenvalue weighted by Gasteiger charge is -2.32. The van der Waals surface area contributed by atoms with Gasteiger partial charge in [0, 0.05) is 44.6 Å². The van der Waals surface area contributed by atoms with E-state index >= 15 is 0 Å². The van der Waals surface area contributed by atoms with Gasteiger partial charge in [-0.1, -0.05) is 6.42 Å². The minimum Gasteiger partial charge on any atom is -0.357 e. The maximum Gasteiger partial charge on any atom is 0.194 e. The van der Waals surface area contributed by atoms with E-state index in [2.05, 4.69) is 31.6 Å². The molecule has 1 unspecified atom stereocenters. The average molecular weight is 318 g/mol. The minimum atomic E-state index is 0.716. The van der Waals surface area contributed by atoms with Crippen molar-refractivity contribution < 1.29 is 0 Å². The van der Waals surface area contributed by atoms with Crippen LogP contribution < -0.4 is 5.32 Å². The summed E-state index contributed by atoms with van der Waals surface area (Å²) in [5, 5.41) is 3.46. The molecule has 2 aliphatic rings. The standard InChI is InChI=1S/C17H30N6/c1-2-19-17(20-8-13-21-12-7-18-15-21)23-11-6-16(14-23)22-9-4-3-5-10-22/h7,12,15-16H,2-6,8-11,13-14H2,1H3,(H,19,20). The number of aromatic nitrogens is 2. The number of imidazole rings is 1. The molecule has 0 aromatic carbocycles. The Hall–Kier alpha value is -1.56. The molecule has 0 amide bonds. The van der Waals surface area contributed by atoms with Crippen molar-refractivity contribution in [2.45, 2.75) is 45.2 Å². The van der Waals surface area contributed by atoms with Crippen LogP contribution in [0.25, 0.3) is 0 Å². The third-order valence-corrected chi connectivity index (χ3v) is 4.88. The largest absolute Gasteiger partial charge is 0.357 e. The third kappa shape index (κ3) is 4.47. The van der Waals surface area contributed by atoms with Gasteiger partial charge in [0.25, 0.3) is 0 Å². The van der Waals surface area contributed by atoms with Crippen LogP contribution in [0.2, 0.25) is 0 Å². The zero-order valence-corrected chi connectivity index (χ0v) is 14.3. The third-order valence-electron chi connectivity index (χ3n) is 4.88. The number of nitrogens with one attached hydrogen (secondary N) is 1. The Bertz CT molecular complexity index is 477. The molecule has 1 aromatic rings. The summed E-state index contributed by atoms with van der Waals surface area (Å²) < 4.78 is 2.08. The van der Waals surface area contributed by atoms with Crippen molar-refractivity contribution >= 4 is 5.96 Å². The van der Waals surface area contributed by atoms with E-state index < -0.39 is 0 Å². The fourth-order valence-corrected chi connectivity index (χ4v) is 3.63. The van der Waals surface area contributed by atoms with Crippen LogP contribution in [0.4, 0.5) is 0 Å². The smallest absolute Gasteiger partial charge is 0.194 e. The molecule has 6 nitrogen and oxygen atoms in total. The van der Waals surface area contributed by atoms with E-state index in [4.69, 9.17) is 4.99 Å². The first-order valence-corrected chi connectivity index (χ1v) is 9.10. The van der Waals surface area contributed by atoms with Crippen molar-refractivity contribution in [1.29, 1.82) is 0 Å². The fourth-order valence-electron chi connectivity index (χ4n) is 3.63. The predicted molar refractivity (Wildman–Crippen MR) is 93.6 cm³/mol. The first kappa shape index (κ1) is 16.3. The molecule has 0 spiro atoms. The maximum atomic E-state index is 4.81. The number of guanidine groups is 1. The summed E-state index contributed by atoms with van der Waals surface area (Å²) in [5.41, 5.74) is 0. The Morgan fingerprint density at radius 2 is 2.13 bits per heavy atom. The molecular formula is C17H30N6. The van der Waals surface area contributed by atoms with Crippen molar-refractivity contribution in [1.82, 2.24) is 24.7 Å². The Kier molecular flexibility index (Phi) is 5.91. The topological polar surface area (TPSA) is 48.7 Å². The molecule has 2 aliphatic heterocycles. The summed E-state index contributed by atoms with van der Waals surface area (Å²) in [6.45, 7) is 9.56. The van der Waals surface area contributed by atoms with Crippen LogP contribution in [-0.4, -0.2) is 70.6 Å². The molecule has 1 aromatic heterocycles.